The summed E-state index contributed by atoms with van der Waals surface area (Å²) in [5, 5.41) is 4.93. The molecule has 0 atom stereocenters. The largest absolute Gasteiger partial charge is 0.415 e. The van der Waals surface area contributed by atoms with Gasteiger partial charge in [0.1, 0.15) is 11.5 Å². The van der Waals surface area contributed by atoms with E-state index < -0.39 is 17.8 Å². The normalized spacial score (nSPS) is 10.4. The molecule has 10 nitrogen and oxygen atoms in total. The Balaban J connectivity index is 1.50. The summed E-state index contributed by atoms with van der Waals surface area (Å²) in [6, 6.07) is 6.65. The maximum Gasteiger partial charge on any atom is 0.320 e. The van der Waals surface area contributed by atoms with Gasteiger partial charge in [-0.25, -0.2) is 24.1 Å². The zero-order valence-corrected chi connectivity index (χ0v) is 18.8. The molecule has 3 aromatic heterocycles. The van der Waals surface area contributed by atoms with E-state index in [1.807, 2.05) is 13.8 Å². The van der Waals surface area contributed by atoms with Crippen molar-refractivity contribution in [1.82, 2.24) is 19.5 Å². The molecule has 0 aliphatic heterocycles. The van der Waals surface area contributed by atoms with Crippen LogP contribution in [0.3, 0.4) is 0 Å². The second kappa shape index (κ2) is 9.88. The van der Waals surface area contributed by atoms with Crippen molar-refractivity contribution in [3.63, 3.8) is 0 Å². The van der Waals surface area contributed by atoms with Gasteiger partial charge in [0.2, 0.25) is 0 Å². The maximum absolute atomic E-state index is 14.2. The van der Waals surface area contributed by atoms with Crippen molar-refractivity contribution < 1.29 is 18.4 Å². The average molecular weight is 473 g/mol. The van der Waals surface area contributed by atoms with Crippen LogP contribution in [-0.2, 0) is 6.54 Å². The van der Waals surface area contributed by atoms with Gasteiger partial charge in [0, 0.05) is 23.5 Å². The predicted molar refractivity (Wildman–Crippen MR) is 125 cm³/mol. The lowest BCUT2D eigenvalue weighted by Crippen LogP contribution is -2.19. The quantitative estimate of drug-likeness (QED) is 0.380. The van der Waals surface area contributed by atoms with E-state index in [1.165, 1.54) is 12.3 Å². The summed E-state index contributed by atoms with van der Waals surface area (Å²) >= 11 is 0. The van der Waals surface area contributed by atoms with E-state index in [9.17, 15) is 14.0 Å². The molecule has 3 amide bonds. The fraction of sp³-hybridized carbons (Fsp3) is 0.125. The van der Waals surface area contributed by atoms with Crippen molar-refractivity contribution >= 4 is 23.6 Å². The van der Waals surface area contributed by atoms with Gasteiger partial charge in [-0.1, -0.05) is 12.0 Å². The molecule has 35 heavy (non-hydrogen) atoms. The summed E-state index contributed by atoms with van der Waals surface area (Å²) < 4.78 is 21.2. The number of nitrogens with two attached hydrogens (primary N) is 1. The number of anilines is 2. The molecule has 0 radical (unpaired) electrons. The number of amides is 3. The van der Waals surface area contributed by atoms with Gasteiger partial charge in [-0.05, 0) is 43.5 Å². The second-order valence-corrected chi connectivity index (χ2v) is 7.60. The smallest absolute Gasteiger partial charge is 0.320 e. The van der Waals surface area contributed by atoms with Crippen molar-refractivity contribution in [3.05, 3.63) is 88.8 Å². The topological polar surface area (TPSA) is 141 Å². The summed E-state index contributed by atoms with van der Waals surface area (Å²) in [6.45, 7) is 3.98. The molecule has 0 saturated carbocycles. The number of imidazole rings is 1. The van der Waals surface area contributed by atoms with E-state index in [-0.39, 0.29) is 24.0 Å². The van der Waals surface area contributed by atoms with E-state index in [1.54, 1.807) is 35.3 Å². The third-order valence-corrected chi connectivity index (χ3v) is 4.73. The lowest BCUT2D eigenvalue weighted by molar-refractivity contribution is 0.102. The fourth-order valence-corrected chi connectivity index (χ4v) is 3.15. The van der Waals surface area contributed by atoms with Gasteiger partial charge in [-0.3, -0.25) is 10.1 Å². The number of primary amides is 1. The van der Waals surface area contributed by atoms with Crippen LogP contribution >= 0.6 is 0 Å². The molecule has 0 aliphatic rings. The molecule has 3 heterocycles. The van der Waals surface area contributed by atoms with Crippen molar-refractivity contribution in [2.24, 2.45) is 5.73 Å². The summed E-state index contributed by atoms with van der Waals surface area (Å²) in [5.41, 5.74) is 8.10. The zero-order valence-electron chi connectivity index (χ0n) is 18.8. The number of aromatic nitrogens is 4. The van der Waals surface area contributed by atoms with Crippen LogP contribution in [0.5, 0.6) is 0 Å². The standard InChI is InChI=1S/C24H20FN7O3/c1-14-3-5-18(7-16(14)4-6-20-10-27-24(35-20)31-23(26)34)30-22(33)21-9-17(25)8-19(29-21)12-32-11-15(2)28-13-32/h3,5,7-11,13H,12H2,1-2H3,(H,30,33)(H3,26,27,31,34). The maximum atomic E-state index is 14.2. The number of pyridine rings is 1. The zero-order chi connectivity index (χ0) is 24.9. The van der Waals surface area contributed by atoms with Crippen LogP contribution in [0, 0.1) is 31.5 Å². The van der Waals surface area contributed by atoms with Gasteiger partial charge in [0.25, 0.3) is 5.91 Å². The third-order valence-electron chi connectivity index (χ3n) is 4.73. The minimum atomic E-state index is -0.803. The average Bonchev–Trinajstić information content (AvgIpc) is 3.41. The van der Waals surface area contributed by atoms with Crippen LogP contribution in [0.2, 0.25) is 0 Å². The minimum Gasteiger partial charge on any atom is -0.415 e. The molecule has 0 spiro atoms. The summed E-state index contributed by atoms with van der Waals surface area (Å²) in [6.07, 6.45) is 4.76. The van der Waals surface area contributed by atoms with E-state index in [0.29, 0.717) is 16.9 Å². The number of carbonyl (C=O) groups excluding carboxylic acids is 2. The molecular formula is C24H20FN7O3. The second-order valence-electron chi connectivity index (χ2n) is 7.60. The lowest BCUT2D eigenvalue weighted by atomic mass is 10.1. The Morgan fingerprint density at radius 2 is 1.97 bits per heavy atom. The van der Waals surface area contributed by atoms with Crippen LogP contribution in [0.1, 0.15) is 38.8 Å². The van der Waals surface area contributed by atoms with Gasteiger partial charge < -0.3 is 20.0 Å². The molecule has 0 aliphatic carbocycles. The van der Waals surface area contributed by atoms with Gasteiger partial charge in [-0.15, -0.1) is 0 Å². The highest BCUT2D eigenvalue weighted by Crippen LogP contribution is 2.17. The molecule has 0 saturated heterocycles. The van der Waals surface area contributed by atoms with Gasteiger partial charge >= 0.3 is 12.0 Å². The Morgan fingerprint density at radius 3 is 2.71 bits per heavy atom. The van der Waals surface area contributed by atoms with Crippen molar-refractivity contribution in [1.29, 1.82) is 0 Å². The highest BCUT2D eigenvalue weighted by Gasteiger charge is 2.13. The number of hydrogen-bond donors (Lipinski definition) is 3. The molecule has 4 rings (SSSR count). The van der Waals surface area contributed by atoms with Crippen molar-refractivity contribution in [3.8, 4) is 11.8 Å². The van der Waals surface area contributed by atoms with Crippen LogP contribution < -0.4 is 16.4 Å². The molecule has 0 unspecified atom stereocenters. The number of benzene rings is 1. The van der Waals surface area contributed by atoms with E-state index in [0.717, 1.165) is 17.3 Å². The fourth-order valence-electron chi connectivity index (χ4n) is 3.15. The Kier molecular flexibility index (Phi) is 6.55. The third kappa shape index (κ3) is 6.08. The molecule has 4 aromatic rings. The van der Waals surface area contributed by atoms with E-state index in [4.69, 9.17) is 10.2 Å². The Hall–Kier alpha value is -4.98. The van der Waals surface area contributed by atoms with Crippen LogP contribution in [0.4, 0.5) is 20.9 Å². The molecule has 0 fully saturated rings. The number of carbonyl (C=O) groups is 2. The number of urea groups is 1. The SMILES string of the molecule is Cc1cn(Cc2cc(F)cc(C(=O)Nc3ccc(C)c(C#Cc4cnc(NC(N)=O)o4)c3)n2)cn1. The van der Waals surface area contributed by atoms with E-state index in [2.05, 4.69) is 37.4 Å². The van der Waals surface area contributed by atoms with Gasteiger partial charge in [0.15, 0.2) is 5.76 Å². The lowest BCUT2D eigenvalue weighted by Gasteiger charge is -2.09. The first-order valence-electron chi connectivity index (χ1n) is 10.4. The molecule has 176 valence electrons. The molecule has 0 bridgehead atoms. The first kappa shape index (κ1) is 23.2. The van der Waals surface area contributed by atoms with Crippen LogP contribution in [-0.4, -0.2) is 31.5 Å². The van der Waals surface area contributed by atoms with Gasteiger partial charge in [0.05, 0.1) is 30.5 Å². The molecule has 11 heteroatoms. The number of oxazole rings is 1. The number of halogens is 1. The summed E-state index contributed by atoms with van der Waals surface area (Å²) in [7, 11) is 0. The highest BCUT2D eigenvalue weighted by molar-refractivity contribution is 6.03. The Bertz CT molecular complexity index is 1480. The number of nitrogens with one attached hydrogen (secondary N) is 2. The number of nitrogens with zero attached hydrogens (tertiary/aromatic N) is 4. The predicted octanol–water partition coefficient (Wildman–Crippen LogP) is 3.21. The summed E-state index contributed by atoms with van der Waals surface area (Å²) in [5.74, 6) is 4.82. The summed E-state index contributed by atoms with van der Waals surface area (Å²) in [4.78, 5) is 35.9. The first-order chi connectivity index (χ1) is 16.7. The molecule has 1 aromatic carbocycles. The number of hydrogen-bond acceptors (Lipinski definition) is 6. The first-order valence-corrected chi connectivity index (χ1v) is 10.4. The molecule has 4 N–H and O–H groups in total. The monoisotopic (exact) mass is 473 g/mol. The van der Waals surface area contributed by atoms with Gasteiger partial charge in [-0.2, -0.15) is 0 Å². The number of aryl methyl sites for hydroxylation is 2. The Labute approximate surface area is 199 Å². The van der Waals surface area contributed by atoms with Crippen LogP contribution in [0.15, 0.2) is 53.5 Å². The van der Waals surface area contributed by atoms with Crippen molar-refractivity contribution in [2.75, 3.05) is 10.6 Å². The molecular weight excluding hydrogens is 453 g/mol. The minimum absolute atomic E-state index is 0.0545. The highest BCUT2D eigenvalue weighted by atomic mass is 19.1. The van der Waals surface area contributed by atoms with E-state index >= 15 is 0 Å². The van der Waals surface area contributed by atoms with Crippen molar-refractivity contribution in [2.45, 2.75) is 20.4 Å². The Morgan fingerprint density at radius 1 is 1.14 bits per heavy atom. The van der Waals surface area contributed by atoms with Crippen LogP contribution in [0.25, 0.3) is 0 Å². The number of rotatable bonds is 5.